The second-order valence-corrected chi connectivity index (χ2v) is 6.46. The molecule has 0 saturated carbocycles. The van der Waals surface area contributed by atoms with Crippen LogP contribution >= 0.6 is 0 Å². The molecule has 0 bridgehead atoms. The molecule has 0 fully saturated rings. The Labute approximate surface area is 134 Å². The fourth-order valence-electron chi connectivity index (χ4n) is 1.90. The Kier molecular flexibility index (Phi) is 5.30. The van der Waals surface area contributed by atoms with E-state index < -0.39 is 10.0 Å². The van der Waals surface area contributed by atoms with E-state index in [1.54, 1.807) is 24.4 Å². The molecule has 23 heavy (non-hydrogen) atoms. The van der Waals surface area contributed by atoms with E-state index in [1.165, 1.54) is 32.2 Å². The highest BCUT2D eigenvalue weighted by Crippen LogP contribution is 2.27. The highest BCUT2D eigenvalue weighted by atomic mass is 32.2. The van der Waals surface area contributed by atoms with Gasteiger partial charge in [-0.25, -0.2) is 13.1 Å². The number of hydrogen-bond donors (Lipinski definition) is 2. The minimum atomic E-state index is -3.74. The molecule has 0 spiro atoms. The number of carbonyl (C=O) groups excluding carboxylic acids is 1. The van der Waals surface area contributed by atoms with Crippen LogP contribution in [0.25, 0.3) is 0 Å². The molecule has 1 aromatic carbocycles. The van der Waals surface area contributed by atoms with Crippen molar-refractivity contribution in [3.63, 3.8) is 0 Å². The van der Waals surface area contributed by atoms with Gasteiger partial charge in [-0.05, 0) is 30.3 Å². The molecule has 1 aromatic heterocycles. The summed E-state index contributed by atoms with van der Waals surface area (Å²) in [6, 6.07) is 9.49. The smallest absolute Gasteiger partial charge is 0.241 e. The van der Waals surface area contributed by atoms with Gasteiger partial charge in [0.25, 0.3) is 0 Å². The zero-order chi connectivity index (χ0) is 16.9. The number of pyridine rings is 1. The number of anilines is 1. The highest BCUT2D eigenvalue weighted by molar-refractivity contribution is 7.89. The van der Waals surface area contributed by atoms with Gasteiger partial charge in [0.1, 0.15) is 5.75 Å². The van der Waals surface area contributed by atoms with Crippen molar-refractivity contribution in [1.82, 2.24) is 9.71 Å². The molecule has 2 aromatic rings. The molecule has 0 unspecified atom stereocenters. The van der Waals surface area contributed by atoms with Gasteiger partial charge in [0.2, 0.25) is 15.9 Å². The lowest BCUT2D eigenvalue weighted by Gasteiger charge is -2.12. The number of ether oxygens (including phenoxy) is 1. The number of carbonyl (C=O) groups is 1. The first-order valence-electron chi connectivity index (χ1n) is 6.77. The van der Waals surface area contributed by atoms with Crippen molar-refractivity contribution in [3.05, 3.63) is 48.3 Å². The van der Waals surface area contributed by atoms with Gasteiger partial charge in [-0.1, -0.05) is 6.07 Å². The molecule has 0 aliphatic rings. The molecule has 0 atom stereocenters. The molecule has 2 N–H and O–H groups in total. The van der Waals surface area contributed by atoms with Gasteiger partial charge in [-0.3, -0.25) is 9.78 Å². The van der Waals surface area contributed by atoms with Crippen LogP contribution in [-0.2, 0) is 21.4 Å². The Hall–Kier alpha value is -2.45. The lowest BCUT2D eigenvalue weighted by Crippen LogP contribution is -2.24. The van der Waals surface area contributed by atoms with E-state index in [0.717, 1.165) is 0 Å². The quantitative estimate of drug-likeness (QED) is 0.834. The van der Waals surface area contributed by atoms with Crippen LogP contribution in [-0.4, -0.2) is 26.4 Å². The van der Waals surface area contributed by atoms with Crippen molar-refractivity contribution in [3.8, 4) is 5.75 Å². The van der Waals surface area contributed by atoms with Gasteiger partial charge < -0.3 is 10.1 Å². The van der Waals surface area contributed by atoms with Crippen molar-refractivity contribution in [2.24, 2.45) is 0 Å². The summed E-state index contributed by atoms with van der Waals surface area (Å²) in [5.41, 5.74) is 0.896. The van der Waals surface area contributed by atoms with E-state index in [1.807, 2.05) is 0 Å². The number of methoxy groups -OCH3 is 1. The van der Waals surface area contributed by atoms with Crippen LogP contribution < -0.4 is 14.8 Å². The molecule has 1 heterocycles. The van der Waals surface area contributed by atoms with Crippen molar-refractivity contribution < 1.29 is 17.9 Å². The third-order valence-electron chi connectivity index (χ3n) is 2.96. The maximum Gasteiger partial charge on any atom is 0.241 e. The lowest BCUT2D eigenvalue weighted by atomic mass is 10.3. The first kappa shape index (κ1) is 16.9. The second kappa shape index (κ2) is 7.21. The zero-order valence-corrected chi connectivity index (χ0v) is 13.6. The van der Waals surface area contributed by atoms with Gasteiger partial charge in [0.15, 0.2) is 0 Å². The number of sulfonamides is 1. The summed E-state index contributed by atoms with van der Waals surface area (Å²) in [7, 11) is -2.30. The number of amides is 1. The Morgan fingerprint density at radius 1 is 1.26 bits per heavy atom. The molecule has 0 radical (unpaired) electrons. The standard InChI is InChI=1S/C15H17N3O4S/c1-11(19)18-14-9-13(6-7-15(14)22-2)23(20,21)17-10-12-5-3-4-8-16-12/h3-9,17H,10H2,1-2H3,(H,18,19). The van der Waals surface area contributed by atoms with Crippen LogP contribution in [0.15, 0.2) is 47.5 Å². The van der Waals surface area contributed by atoms with Crippen LogP contribution in [0.3, 0.4) is 0 Å². The SMILES string of the molecule is COc1ccc(S(=O)(=O)NCc2ccccn2)cc1NC(C)=O. The second-order valence-electron chi connectivity index (χ2n) is 4.69. The minimum Gasteiger partial charge on any atom is -0.495 e. The zero-order valence-electron chi connectivity index (χ0n) is 12.7. The summed E-state index contributed by atoms with van der Waals surface area (Å²) >= 11 is 0. The highest BCUT2D eigenvalue weighted by Gasteiger charge is 2.17. The number of nitrogens with one attached hydrogen (secondary N) is 2. The summed E-state index contributed by atoms with van der Waals surface area (Å²) in [5, 5.41) is 2.54. The van der Waals surface area contributed by atoms with Gasteiger partial charge in [0, 0.05) is 13.1 Å². The fourth-order valence-corrected chi connectivity index (χ4v) is 2.92. The molecule has 0 saturated heterocycles. The largest absolute Gasteiger partial charge is 0.495 e. The van der Waals surface area contributed by atoms with E-state index in [2.05, 4.69) is 15.0 Å². The number of hydrogen-bond acceptors (Lipinski definition) is 5. The van der Waals surface area contributed by atoms with Gasteiger partial charge in [-0.2, -0.15) is 0 Å². The number of rotatable bonds is 6. The van der Waals surface area contributed by atoms with Crippen molar-refractivity contribution in [2.45, 2.75) is 18.4 Å². The Morgan fingerprint density at radius 3 is 2.65 bits per heavy atom. The van der Waals surface area contributed by atoms with Crippen LogP contribution in [0, 0.1) is 0 Å². The maximum atomic E-state index is 12.4. The first-order valence-corrected chi connectivity index (χ1v) is 8.26. The van der Waals surface area contributed by atoms with E-state index >= 15 is 0 Å². The molecular weight excluding hydrogens is 318 g/mol. The lowest BCUT2D eigenvalue weighted by molar-refractivity contribution is -0.114. The van der Waals surface area contributed by atoms with Crippen LogP contribution in [0.5, 0.6) is 5.75 Å². The predicted octanol–water partition coefficient (Wildman–Crippen LogP) is 1.53. The molecule has 1 amide bonds. The summed E-state index contributed by atoms with van der Waals surface area (Å²) in [6.07, 6.45) is 1.59. The molecule has 122 valence electrons. The maximum absolute atomic E-state index is 12.4. The third kappa shape index (κ3) is 4.51. The van der Waals surface area contributed by atoms with Gasteiger partial charge in [0.05, 0.1) is 29.9 Å². The molecule has 8 heteroatoms. The third-order valence-corrected chi connectivity index (χ3v) is 4.36. The molecular formula is C15H17N3O4S. The fraction of sp³-hybridized carbons (Fsp3) is 0.200. The van der Waals surface area contributed by atoms with E-state index in [9.17, 15) is 13.2 Å². The Morgan fingerprint density at radius 2 is 2.04 bits per heavy atom. The summed E-state index contributed by atoms with van der Waals surface area (Å²) in [6.45, 7) is 1.41. The number of benzene rings is 1. The first-order chi connectivity index (χ1) is 10.9. The summed E-state index contributed by atoms with van der Waals surface area (Å²) < 4.78 is 32.3. The topological polar surface area (TPSA) is 97.4 Å². The summed E-state index contributed by atoms with van der Waals surface area (Å²) in [5.74, 6) is 0.0585. The minimum absolute atomic E-state index is 0.0259. The molecule has 7 nitrogen and oxygen atoms in total. The van der Waals surface area contributed by atoms with Gasteiger partial charge >= 0.3 is 0 Å². The van der Waals surface area contributed by atoms with Crippen molar-refractivity contribution in [2.75, 3.05) is 12.4 Å². The monoisotopic (exact) mass is 335 g/mol. The van der Waals surface area contributed by atoms with Crippen molar-refractivity contribution in [1.29, 1.82) is 0 Å². The average Bonchev–Trinajstić information content (AvgIpc) is 2.53. The molecule has 0 aliphatic carbocycles. The predicted molar refractivity (Wildman–Crippen MR) is 85.6 cm³/mol. The Bertz CT molecular complexity index is 792. The Balaban J connectivity index is 2.23. The van der Waals surface area contributed by atoms with E-state index in [0.29, 0.717) is 17.1 Å². The van der Waals surface area contributed by atoms with Crippen LogP contribution in [0.1, 0.15) is 12.6 Å². The van der Waals surface area contributed by atoms with E-state index in [-0.39, 0.29) is 17.3 Å². The summed E-state index contributed by atoms with van der Waals surface area (Å²) in [4.78, 5) is 15.3. The molecule has 2 rings (SSSR count). The number of nitrogens with zero attached hydrogens (tertiary/aromatic N) is 1. The normalized spacial score (nSPS) is 11.0. The van der Waals surface area contributed by atoms with Crippen LogP contribution in [0.2, 0.25) is 0 Å². The van der Waals surface area contributed by atoms with Crippen molar-refractivity contribution >= 4 is 21.6 Å². The molecule has 0 aliphatic heterocycles. The number of aromatic nitrogens is 1. The van der Waals surface area contributed by atoms with Crippen LogP contribution in [0.4, 0.5) is 5.69 Å². The average molecular weight is 335 g/mol. The van der Waals surface area contributed by atoms with E-state index in [4.69, 9.17) is 4.74 Å². The van der Waals surface area contributed by atoms with Gasteiger partial charge in [-0.15, -0.1) is 0 Å².